The zero-order chi connectivity index (χ0) is 21.0. The number of nitrogens with one attached hydrogen (secondary N) is 1. The van der Waals surface area contributed by atoms with Gasteiger partial charge >= 0.3 is 6.18 Å². The number of nitrogens with zero attached hydrogens (tertiary/aromatic N) is 1. The second-order valence-electron chi connectivity index (χ2n) is 6.51. The number of para-hydroxylation sites is 1. The van der Waals surface area contributed by atoms with E-state index >= 15 is 0 Å². The first kappa shape index (κ1) is 20.6. The molecule has 1 heterocycles. The van der Waals surface area contributed by atoms with Crippen LogP contribution in [0.15, 0.2) is 59.4 Å². The normalized spacial score (nSPS) is 11.6. The standard InChI is InChI=1S/C21H18F4N2O2/c22-16-8-4-7-15-17(28)13-18(21(23,24)25)27(20(15)16)12-11-26-19(29)10-9-14-5-2-1-3-6-14/h1-8,13H,9-12H2,(H,26,29). The lowest BCUT2D eigenvalue weighted by atomic mass is 10.1. The number of carbonyl (C=O) groups excluding carboxylic acids is 1. The van der Waals surface area contributed by atoms with E-state index in [9.17, 15) is 27.2 Å². The molecule has 152 valence electrons. The lowest BCUT2D eigenvalue weighted by Gasteiger charge is -2.19. The molecule has 0 unspecified atom stereocenters. The Hall–Kier alpha value is -3.16. The molecule has 29 heavy (non-hydrogen) atoms. The summed E-state index contributed by atoms with van der Waals surface area (Å²) < 4.78 is 55.2. The lowest BCUT2D eigenvalue weighted by Crippen LogP contribution is -2.30. The van der Waals surface area contributed by atoms with Gasteiger partial charge in [-0.05, 0) is 24.1 Å². The number of hydrogen-bond donors (Lipinski definition) is 1. The summed E-state index contributed by atoms with van der Waals surface area (Å²) in [6.07, 6.45) is -4.17. The topological polar surface area (TPSA) is 51.1 Å². The van der Waals surface area contributed by atoms with Crippen molar-refractivity contribution in [1.29, 1.82) is 0 Å². The van der Waals surface area contributed by atoms with Crippen molar-refractivity contribution in [2.75, 3.05) is 6.54 Å². The Morgan fingerprint density at radius 2 is 1.76 bits per heavy atom. The summed E-state index contributed by atoms with van der Waals surface area (Å²) in [5.74, 6) is -1.26. The van der Waals surface area contributed by atoms with E-state index in [1.807, 2.05) is 30.3 Å². The van der Waals surface area contributed by atoms with Gasteiger partial charge in [0.2, 0.25) is 5.91 Å². The van der Waals surface area contributed by atoms with Crippen molar-refractivity contribution < 1.29 is 22.4 Å². The van der Waals surface area contributed by atoms with Crippen molar-refractivity contribution in [3.8, 4) is 0 Å². The summed E-state index contributed by atoms with van der Waals surface area (Å²) >= 11 is 0. The van der Waals surface area contributed by atoms with Crippen LogP contribution in [0.3, 0.4) is 0 Å². The Bertz CT molecular complexity index is 1080. The van der Waals surface area contributed by atoms with E-state index in [4.69, 9.17) is 0 Å². The molecule has 1 amide bonds. The van der Waals surface area contributed by atoms with Crippen LogP contribution in [-0.2, 0) is 23.9 Å². The second-order valence-corrected chi connectivity index (χ2v) is 6.51. The molecule has 1 aromatic heterocycles. The molecule has 8 heteroatoms. The van der Waals surface area contributed by atoms with Gasteiger partial charge in [-0.25, -0.2) is 4.39 Å². The van der Waals surface area contributed by atoms with Crippen LogP contribution in [0.25, 0.3) is 10.9 Å². The van der Waals surface area contributed by atoms with E-state index in [0.29, 0.717) is 17.1 Å². The average Bonchev–Trinajstić information content (AvgIpc) is 2.68. The third-order valence-electron chi connectivity index (χ3n) is 4.51. The molecule has 0 aliphatic heterocycles. The highest BCUT2D eigenvalue weighted by Crippen LogP contribution is 2.31. The van der Waals surface area contributed by atoms with Crippen LogP contribution in [0.1, 0.15) is 17.7 Å². The summed E-state index contributed by atoms with van der Waals surface area (Å²) in [5, 5.41) is 2.41. The molecule has 3 aromatic rings. The van der Waals surface area contributed by atoms with Crippen molar-refractivity contribution in [1.82, 2.24) is 9.88 Å². The van der Waals surface area contributed by atoms with Gasteiger partial charge in [0.05, 0.1) is 5.52 Å². The van der Waals surface area contributed by atoms with E-state index in [0.717, 1.165) is 11.6 Å². The van der Waals surface area contributed by atoms with E-state index < -0.39 is 28.6 Å². The molecule has 3 rings (SSSR count). The third-order valence-corrected chi connectivity index (χ3v) is 4.51. The van der Waals surface area contributed by atoms with E-state index in [2.05, 4.69) is 5.32 Å². The Labute approximate surface area is 163 Å². The highest BCUT2D eigenvalue weighted by atomic mass is 19.4. The number of aromatic nitrogens is 1. The maximum Gasteiger partial charge on any atom is 0.431 e. The number of aryl methyl sites for hydroxylation is 1. The molecule has 0 fully saturated rings. The number of pyridine rings is 1. The van der Waals surface area contributed by atoms with Gasteiger partial charge < -0.3 is 9.88 Å². The first-order valence-electron chi connectivity index (χ1n) is 8.97. The minimum atomic E-state index is -4.84. The molecule has 1 N–H and O–H groups in total. The highest BCUT2D eigenvalue weighted by Gasteiger charge is 2.35. The number of benzene rings is 2. The number of halogens is 4. The molecule has 0 aliphatic rings. The van der Waals surface area contributed by atoms with Gasteiger partial charge in [-0.3, -0.25) is 9.59 Å². The average molecular weight is 406 g/mol. The fraction of sp³-hybridized carbons (Fsp3) is 0.238. The van der Waals surface area contributed by atoms with Crippen molar-refractivity contribution in [2.24, 2.45) is 0 Å². The molecule has 0 atom stereocenters. The second kappa shape index (κ2) is 8.46. The first-order chi connectivity index (χ1) is 13.8. The quantitative estimate of drug-likeness (QED) is 0.631. The van der Waals surface area contributed by atoms with Crippen molar-refractivity contribution in [2.45, 2.75) is 25.6 Å². The molecule has 0 aliphatic carbocycles. The summed E-state index contributed by atoms with van der Waals surface area (Å²) in [4.78, 5) is 24.0. The van der Waals surface area contributed by atoms with Crippen LogP contribution < -0.4 is 10.7 Å². The predicted octanol–water partition coefficient (Wildman–Crippen LogP) is 3.91. The number of carbonyl (C=O) groups is 1. The van der Waals surface area contributed by atoms with Crippen LogP contribution in [-0.4, -0.2) is 17.0 Å². The van der Waals surface area contributed by atoms with Gasteiger partial charge in [0.15, 0.2) is 5.43 Å². The minimum absolute atomic E-state index is 0.136. The van der Waals surface area contributed by atoms with Gasteiger partial charge in [0.25, 0.3) is 0 Å². The summed E-state index contributed by atoms with van der Waals surface area (Å²) in [7, 11) is 0. The number of hydrogen-bond acceptors (Lipinski definition) is 2. The summed E-state index contributed by atoms with van der Waals surface area (Å²) in [6.45, 7) is -0.466. The fourth-order valence-corrected chi connectivity index (χ4v) is 3.15. The summed E-state index contributed by atoms with van der Waals surface area (Å²) in [6, 6.07) is 13.3. The van der Waals surface area contributed by atoms with Gasteiger partial charge in [-0.2, -0.15) is 13.2 Å². The molecule has 0 bridgehead atoms. The zero-order valence-electron chi connectivity index (χ0n) is 15.3. The van der Waals surface area contributed by atoms with Crippen LogP contribution in [0.5, 0.6) is 0 Å². The molecular weight excluding hydrogens is 388 g/mol. The molecule has 0 saturated heterocycles. The van der Waals surface area contributed by atoms with Crippen LogP contribution in [0.4, 0.5) is 17.6 Å². The van der Waals surface area contributed by atoms with Crippen molar-refractivity contribution in [3.63, 3.8) is 0 Å². The minimum Gasteiger partial charge on any atom is -0.354 e. The maximum atomic E-state index is 14.3. The fourth-order valence-electron chi connectivity index (χ4n) is 3.15. The van der Waals surface area contributed by atoms with E-state index in [1.54, 1.807) is 0 Å². The maximum absolute atomic E-state index is 14.3. The number of fused-ring (bicyclic) bond motifs is 1. The highest BCUT2D eigenvalue weighted by molar-refractivity contribution is 5.80. The molecule has 4 nitrogen and oxygen atoms in total. The van der Waals surface area contributed by atoms with Gasteiger partial charge in [-0.15, -0.1) is 0 Å². The SMILES string of the molecule is O=C(CCc1ccccc1)NCCn1c(C(F)(F)F)cc(=O)c2cccc(F)c21. The lowest BCUT2D eigenvalue weighted by molar-refractivity contribution is -0.143. The zero-order valence-corrected chi connectivity index (χ0v) is 15.3. The Balaban J connectivity index is 1.78. The largest absolute Gasteiger partial charge is 0.431 e. The van der Waals surface area contributed by atoms with Gasteiger partial charge in [-0.1, -0.05) is 36.4 Å². The number of alkyl halides is 3. The monoisotopic (exact) mass is 406 g/mol. The van der Waals surface area contributed by atoms with Crippen molar-refractivity contribution in [3.05, 3.63) is 81.9 Å². The Morgan fingerprint density at radius 3 is 2.45 bits per heavy atom. The van der Waals surface area contributed by atoms with Crippen LogP contribution >= 0.6 is 0 Å². The van der Waals surface area contributed by atoms with Crippen LogP contribution in [0.2, 0.25) is 0 Å². The Morgan fingerprint density at radius 1 is 1.03 bits per heavy atom. The summed E-state index contributed by atoms with van der Waals surface area (Å²) in [5.41, 5.74) is -1.62. The van der Waals surface area contributed by atoms with E-state index in [1.165, 1.54) is 12.1 Å². The van der Waals surface area contributed by atoms with Crippen molar-refractivity contribution >= 4 is 16.8 Å². The first-order valence-corrected chi connectivity index (χ1v) is 8.97. The van der Waals surface area contributed by atoms with Gasteiger partial charge in [0, 0.05) is 31.0 Å². The molecule has 0 spiro atoms. The molecule has 2 aromatic carbocycles. The van der Waals surface area contributed by atoms with Crippen LogP contribution in [0, 0.1) is 5.82 Å². The third kappa shape index (κ3) is 4.82. The smallest absolute Gasteiger partial charge is 0.354 e. The number of rotatable bonds is 6. The van der Waals surface area contributed by atoms with E-state index in [-0.39, 0.29) is 30.8 Å². The number of amides is 1. The van der Waals surface area contributed by atoms with Gasteiger partial charge in [0.1, 0.15) is 11.5 Å². The molecule has 0 radical (unpaired) electrons. The predicted molar refractivity (Wildman–Crippen MR) is 101 cm³/mol. The molecule has 0 saturated carbocycles. The molecular formula is C21H18F4N2O2. The Kier molecular flexibility index (Phi) is 6.00.